The van der Waals surface area contributed by atoms with E-state index in [9.17, 15) is 26.4 Å². The van der Waals surface area contributed by atoms with Crippen molar-refractivity contribution >= 4 is 22.2 Å². The summed E-state index contributed by atoms with van der Waals surface area (Å²) in [6, 6.07) is 4.67. The van der Waals surface area contributed by atoms with Gasteiger partial charge in [0, 0.05) is 6.08 Å². The Bertz CT molecular complexity index is 683. The molecule has 0 aliphatic heterocycles. The number of hydrogen-bond donors (Lipinski definition) is 0. The Balaban J connectivity index is 2.77. The van der Waals surface area contributed by atoms with Gasteiger partial charge in [-0.25, -0.2) is 4.79 Å². The molecule has 128 valence electrons. The first-order valence-corrected chi connectivity index (χ1v) is 7.73. The van der Waals surface area contributed by atoms with E-state index >= 15 is 0 Å². The minimum atomic E-state index is -5.70. The van der Waals surface area contributed by atoms with Gasteiger partial charge in [-0.3, -0.25) is 0 Å². The summed E-state index contributed by atoms with van der Waals surface area (Å²) < 4.78 is 67.1. The van der Waals surface area contributed by atoms with Crippen LogP contribution in [0.4, 0.5) is 13.2 Å². The standard InChI is InChI=1S/C14H15F3O5S/c1-13(2,3)21-12(18)9-6-10-4-7-11(8-5-10)22-23(19,20)14(15,16)17/h4-9H,1-3H3/b9-6+. The Labute approximate surface area is 131 Å². The van der Waals surface area contributed by atoms with Crippen molar-refractivity contribution in [3.8, 4) is 5.75 Å². The van der Waals surface area contributed by atoms with Crippen LogP contribution in [-0.4, -0.2) is 25.5 Å². The van der Waals surface area contributed by atoms with Crippen molar-refractivity contribution in [3.63, 3.8) is 0 Å². The second-order valence-corrected chi connectivity index (χ2v) is 6.96. The monoisotopic (exact) mass is 352 g/mol. The van der Waals surface area contributed by atoms with Gasteiger partial charge >= 0.3 is 21.6 Å². The van der Waals surface area contributed by atoms with Crippen LogP contribution in [0.25, 0.3) is 6.08 Å². The molecule has 0 aromatic heterocycles. The van der Waals surface area contributed by atoms with Crippen molar-refractivity contribution in [1.29, 1.82) is 0 Å². The number of hydrogen-bond acceptors (Lipinski definition) is 5. The second kappa shape index (κ2) is 6.61. The molecule has 0 saturated heterocycles. The maximum absolute atomic E-state index is 12.2. The number of rotatable bonds is 4. The highest BCUT2D eigenvalue weighted by atomic mass is 32.2. The second-order valence-electron chi connectivity index (χ2n) is 5.42. The maximum atomic E-state index is 12.2. The molecule has 0 aliphatic carbocycles. The predicted molar refractivity (Wildman–Crippen MR) is 76.9 cm³/mol. The lowest BCUT2D eigenvalue weighted by Crippen LogP contribution is -2.28. The number of benzene rings is 1. The van der Waals surface area contributed by atoms with E-state index in [-0.39, 0.29) is 0 Å². The lowest BCUT2D eigenvalue weighted by atomic mass is 10.2. The molecule has 0 saturated carbocycles. The molecule has 0 atom stereocenters. The van der Waals surface area contributed by atoms with Crippen LogP contribution in [0.15, 0.2) is 30.3 Å². The van der Waals surface area contributed by atoms with Gasteiger partial charge in [0.1, 0.15) is 11.4 Å². The molecular formula is C14H15F3O5S. The van der Waals surface area contributed by atoms with Gasteiger partial charge in [0.2, 0.25) is 0 Å². The van der Waals surface area contributed by atoms with Crippen molar-refractivity contribution in [2.24, 2.45) is 0 Å². The predicted octanol–water partition coefficient (Wildman–Crippen LogP) is 3.27. The van der Waals surface area contributed by atoms with Crippen molar-refractivity contribution in [1.82, 2.24) is 0 Å². The van der Waals surface area contributed by atoms with Gasteiger partial charge in [-0.05, 0) is 44.5 Å². The summed E-state index contributed by atoms with van der Waals surface area (Å²) in [5.74, 6) is -1.07. The van der Waals surface area contributed by atoms with Gasteiger partial charge in [0.15, 0.2) is 0 Å². The van der Waals surface area contributed by atoms with Crippen LogP contribution >= 0.6 is 0 Å². The number of carbonyl (C=O) groups excluding carboxylic acids is 1. The van der Waals surface area contributed by atoms with Crippen molar-refractivity contribution in [2.45, 2.75) is 31.9 Å². The van der Waals surface area contributed by atoms with Crippen LogP contribution in [0.5, 0.6) is 5.75 Å². The number of carbonyl (C=O) groups is 1. The third kappa shape index (κ3) is 6.31. The normalized spacial score (nSPS) is 13.1. The first-order chi connectivity index (χ1) is 10.3. The molecule has 0 N–H and O–H groups in total. The Morgan fingerprint density at radius 2 is 1.61 bits per heavy atom. The molecule has 0 spiro atoms. The highest BCUT2D eigenvalue weighted by molar-refractivity contribution is 7.88. The minimum Gasteiger partial charge on any atom is -0.457 e. The third-order valence-corrected chi connectivity index (χ3v) is 3.17. The van der Waals surface area contributed by atoms with Gasteiger partial charge in [0.05, 0.1) is 0 Å². The first kappa shape index (κ1) is 19.0. The fraction of sp³-hybridized carbons (Fsp3) is 0.357. The molecule has 1 aromatic carbocycles. The van der Waals surface area contributed by atoms with E-state index in [0.717, 1.165) is 18.2 Å². The smallest absolute Gasteiger partial charge is 0.457 e. The van der Waals surface area contributed by atoms with E-state index in [1.165, 1.54) is 18.2 Å². The molecule has 0 radical (unpaired) electrons. The van der Waals surface area contributed by atoms with Crippen LogP contribution < -0.4 is 4.18 Å². The molecule has 0 aliphatic rings. The van der Waals surface area contributed by atoms with Gasteiger partial charge in [0.25, 0.3) is 0 Å². The summed E-state index contributed by atoms with van der Waals surface area (Å²) in [5.41, 5.74) is -5.69. The summed E-state index contributed by atoms with van der Waals surface area (Å²) in [4.78, 5) is 11.5. The van der Waals surface area contributed by atoms with Gasteiger partial charge in [-0.2, -0.15) is 21.6 Å². The molecular weight excluding hydrogens is 337 g/mol. The van der Waals surface area contributed by atoms with Crippen LogP contribution in [0.2, 0.25) is 0 Å². The van der Waals surface area contributed by atoms with E-state index in [2.05, 4.69) is 4.18 Å². The molecule has 0 bridgehead atoms. The zero-order chi connectivity index (χ0) is 17.9. The fourth-order valence-corrected chi connectivity index (χ4v) is 1.77. The highest BCUT2D eigenvalue weighted by Crippen LogP contribution is 2.27. The average molecular weight is 352 g/mol. The van der Waals surface area contributed by atoms with Crippen LogP contribution in [-0.2, 0) is 19.6 Å². The lowest BCUT2D eigenvalue weighted by molar-refractivity contribution is -0.148. The average Bonchev–Trinajstić information content (AvgIpc) is 2.34. The fourth-order valence-electron chi connectivity index (χ4n) is 1.31. The Morgan fingerprint density at radius 1 is 1.09 bits per heavy atom. The quantitative estimate of drug-likeness (QED) is 0.360. The molecule has 0 amide bonds. The van der Waals surface area contributed by atoms with Crippen molar-refractivity contribution in [3.05, 3.63) is 35.9 Å². The molecule has 0 fully saturated rings. The van der Waals surface area contributed by atoms with Crippen LogP contribution in [0.3, 0.4) is 0 Å². The zero-order valence-corrected chi connectivity index (χ0v) is 13.4. The Hall–Kier alpha value is -2.03. The van der Waals surface area contributed by atoms with Crippen LogP contribution in [0.1, 0.15) is 26.3 Å². The van der Waals surface area contributed by atoms with E-state index in [4.69, 9.17) is 4.74 Å². The van der Waals surface area contributed by atoms with E-state index in [0.29, 0.717) is 5.56 Å². The Kier molecular flexibility index (Phi) is 5.47. The summed E-state index contributed by atoms with van der Waals surface area (Å²) >= 11 is 0. The number of halogens is 3. The molecule has 1 aromatic rings. The van der Waals surface area contributed by atoms with Gasteiger partial charge in [-0.15, -0.1) is 0 Å². The number of alkyl halides is 3. The third-order valence-electron chi connectivity index (χ3n) is 2.19. The SMILES string of the molecule is CC(C)(C)OC(=O)/C=C/c1ccc(OS(=O)(=O)C(F)(F)F)cc1. The largest absolute Gasteiger partial charge is 0.534 e. The summed E-state index contributed by atoms with van der Waals surface area (Å²) in [7, 11) is -5.70. The Morgan fingerprint density at radius 3 is 2.04 bits per heavy atom. The lowest BCUT2D eigenvalue weighted by Gasteiger charge is -2.17. The number of esters is 1. The van der Waals surface area contributed by atoms with E-state index < -0.39 is 32.9 Å². The molecule has 23 heavy (non-hydrogen) atoms. The summed E-state index contributed by atoms with van der Waals surface area (Å²) in [5, 5.41) is 0. The first-order valence-electron chi connectivity index (χ1n) is 6.32. The van der Waals surface area contributed by atoms with Gasteiger partial charge in [-0.1, -0.05) is 12.1 Å². The van der Waals surface area contributed by atoms with Crippen LogP contribution in [0, 0.1) is 0 Å². The zero-order valence-electron chi connectivity index (χ0n) is 12.5. The summed E-state index contributed by atoms with van der Waals surface area (Å²) in [6.07, 6.45) is 2.52. The van der Waals surface area contributed by atoms with Crippen molar-refractivity contribution < 1.29 is 35.3 Å². The molecule has 5 nitrogen and oxygen atoms in total. The highest BCUT2D eigenvalue weighted by Gasteiger charge is 2.48. The minimum absolute atomic E-state index is 0.451. The van der Waals surface area contributed by atoms with E-state index in [1.807, 2.05) is 0 Å². The van der Waals surface area contributed by atoms with Crippen molar-refractivity contribution in [2.75, 3.05) is 0 Å². The van der Waals surface area contributed by atoms with Gasteiger partial charge < -0.3 is 8.92 Å². The molecule has 9 heteroatoms. The molecule has 0 unspecified atom stereocenters. The molecule has 1 rings (SSSR count). The summed E-state index contributed by atoms with van der Waals surface area (Å²) in [6.45, 7) is 5.10. The topological polar surface area (TPSA) is 69.7 Å². The van der Waals surface area contributed by atoms with E-state index in [1.54, 1.807) is 20.8 Å². The maximum Gasteiger partial charge on any atom is 0.534 e. The molecule has 0 heterocycles. The number of ether oxygens (including phenoxy) is 1.